The van der Waals surface area contributed by atoms with Crippen LogP contribution < -0.4 is 10.6 Å². The van der Waals surface area contributed by atoms with Crippen molar-refractivity contribution in [3.05, 3.63) is 30.2 Å². The highest BCUT2D eigenvalue weighted by Crippen LogP contribution is 2.21. The zero-order valence-corrected chi connectivity index (χ0v) is 18.2. The lowest BCUT2D eigenvalue weighted by Gasteiger charge is -2.23. The van der Waals surface area contributed by atoms with Crippen LogP contribution in [-0.2, 0) is 6.42 Å². The molecule has 2 heterocycles. The summed E-state index contributed by atoms with van der Waals surface area (Å²) in [6.07, 6.45) is 5.09. The van der Waals surface area contributed by atoms with Gasteiger partial charge in [-0.05, 0) is 37.3 Å². The lowest BCUT2D eigenvalue weighted by Crippen LogP contribution is -2.43. The highest BCUT2D eigenvalue weighted by atomic mass is 127. The van der Waals surface area contributed by atoms with Crippen molar-refractivity contribution in [2.24, 2.45) is 10.4 Å². The smallest absolute Gasteiger partial charge is 0.191 e. The molecule has 0 bridgehead atoms. The topological polar surface area (TPSA) is 66.6 Å². The number of aromatic nitrogens is 3. The average molecular weight is 458 g/mol. The van der Waals surface area contributed by atoms with Gasteiger partial charge in [0.1, 0.15) is 5.82 Å². The molecular weight excluding hydrogens is 427 g/mol. The van der Waals surface area contributed by atoms with E-state index in [1.54, 1.807) is 7.05 Å². The Morgan fingerprint density at radius 2 is 2.04 bits per heavy atom. The molecule has 0 aliphatic carbocycles. The largest absolute Gasteiger partial charge is 0.356 e. The fourth-order valence-electron chi connectivity index (χ4n) is 2.50. The summed E-state index contributed by atoms with van der Waals surface area (Å²) in [7, 11) is 1.80. The van der Waals surface area contributed by atoms with Crippen molar-refractivity contribution in [3.8, 4) is 0 Å². The summed E-state index contributed by atoms with van der Waals surface area (Å²) < 4.78 is 2.02. The van der Waals surface area contributed by atoms with E-state index in [4.69, 9.17) is 0 Å². The van der Waals surface area contributed by atoms with Gasteiger partial charge in [-0.25, -0.2) is 0 Å². The molecule has 0 aromatic carbocycles. The van der Waals surface area contributed by atoms with Gasteiger partial charge in [-0.1, -0.05) is 26.8 Å². The van der Waals surface area contributed by atoms with E-state index < -0.39 is 0 Å². The number of pyridine rings is 1. The van der Waals surface area contributed by atoms with Crippen LogP contribution in [0.15, 0.2) is 29.4 Å². The fraction of sp³-hybridized carbons (Fsp3) is 0.611. The highest BCUT2D eigenvalue weighted by Gasteiger charge is 2.13. The Hall–Kier alpha value is -1.38. The van der Waals surface area contributed by atoms with Crippen LogP contribution in [0.3, 0.4) is 0 Å². The standard InChI is InChI=1S/C18H30N6.HI/c1-14(9-11-18(2,3)4)21-17(19-5)20-12-10-16-23-22-15-8-6-7-13-24(15)16;/h6-8,13-14H,9-12H2,1-5H3,(H2,19,20,21);1H. The molecule has 0 amide bonds. The third-order valence-electron chi connectivity index (χ3n) is 3.96. The van der Waals surface area contributed by atoms with E-state index >= 15 is 0 Å². The molecule has 1 atom stereocenters. The predicted octanol–water partition coefficient (Wildman–Crippen LogP) is 3.27. The molecule has 25 heavy (non-hydrogen) atoms. The molecule has 0 aliphatic rings. The van der Waals surface area contributed by atoms with Gasteiger partial charge in [-0.2, -0.15) is 0 Å². The van der Waals surface area contributed by atoms with Gasteiger partial charge < -0.3 is 10.6 Å². The third-order valence-corrected chi connectivity index (χ3v) is 3.96. The third kappa shape index (κ3) is 7.17. The summed E-state index contributed by atoms with van der Waals surface area (Å²) in [5.74, 6) is 1.79. The minimum absolute atomic E-state index is 0. The van der Waals surface area contributed by atoms with E-state index in [9.17, 15) is 0 Å². The highest BCUT2D eigenvalue weighted by molar-refractivity contribution is 14.0. The van der Waals surface area contributed by atoms with Gasteiger partial charge in [0.2, 0.25) is 0 Å². The first-order valence-electron chi connectivity index (χ1n) is 8.65. The first-order valence-corrected chi connectivity index (χ1v) is 8.65. The number of nitrogens with one attached hydrogen (secondary N) is 2. The molecule has 0 saturated heterocycles. The summed E-state index contributed by atoms with van der Waals surface area (Å²) in [6.45, 7) is 9.78. The Balaban J connectivity index is 0.00000312. The first kappa shape index (κ1) is 21.7. The van der Waals surface area contributed by atoms with Gasteiger partial charge in [0.05, 0.1) is 0 Å². The van der Waals surface area contributed by atoms with Crippen molar-refractivity contribution in [1.82, 2.24) is 25.2 Å². The second-order valence-electron chi connectivity index (χ2n) is 7.44. The minimum atomic E-state index is 0. The average Bonchev–Trinajstić information content (AvgIpc) is 2.95. The van der Waals surface area contributed by atoms with Crippen molar-refractivity contribution < 1.29 is 0 Å². The van der Waals surface area contributed by atoms with Crippen LogP contribution >= 0.6 is 24.0 Å². The molecule has 0 radical (unpaired) electrons. The van der Waals surface area contributed by atoms with Gasteiger partial charge in [-0.15, -0.1) is 34.2 Å². The Kier molecular flexibility index (Phi) is 8.61. The molecule has 7 heteroatoms. The number of guanidine groups is 1. The Labute approximate surface area is 167 Å². The molecule has 0 saturated carbocycles. The van der Waals surface area contributed by atoms with Crippen LogP contribution in [0, 0.1) is 5.41 Å². The van der Waals surface area contributed by atoms with Crippen molar-refractivity contribution in [1.29, 1.82) is 0 Å². The van der Waals surface area contributed by atoms with Crippen LogP contribution in [0.25, 0.3) is 5.65 Å². The van der Waals surface area contributed by atoms with Crippen LogP contribution in [0.1, 0.15) is 46.4 Å². The Bertz CT molecular complexity index is 674. The van der Waals surface area contributed by atoms with Crippen LogP contribution in [-0.4, -0.2) is 40.2 Å². The molecule has 140 valence electrons. The maximum atomic E-state index is 4.31. The van der Waals surface area contributed by atoms with Gasteiger partial charge in [-0.3, -0.25) is 9.39 Å². The quantitative estimate of drug-likeness (QED) is 0.396. The molecule has 6 nitrogen and oxygen atoms in total. The number of fused-ring (bicyclic) bond motifs is 1. The summed E-state index contributed by atoms with van der Waals surface area (Å²) in [5, 5.41) is 15.2. The molecule has 2 aromatic heterocycles. The number of hydrogen-bond acceptors (Lipinski definition) is 3. The van der Waals surface area contributed by atoms with E-state index in [-0.39, 0.29) is 24.0 Å². The summed E-state index contributed by atoms with van der Waals surface area (Å²) in [4.78, 5) is 4.31. The van der Waals surface area contributed by atoms with Crippen molar-refractivity contribution in [3.63, 3.8) is 0 Å². The Morgan fingerprint density at radius 3 is 2.72 bits per heavy atom. The van der Waals surface area contributed by atoms with Crippen LogP contribution in [0.2, 0.25) is 0 Å². The first-order chi connectivity index (χ1) is 11.4. The van der Waals surface area contributed by atoms with Crippen molar-refractivity contribution in [2.45, 2.75) is 53.0 Å². The summed E-state index contributed by atoms with van der Waals surface area (Å²) in [5.41, 5.74) is 1.24. The summed E-state index contributed by atoms with van der Waals surface area (Å²) in [6, 6.07) is 6.31. The summed E-state index contributed by atoms with van der Waals surface area (Å²) >= 11 is 0. The minimum Gasteiger partial charge on any atom is -0.356 e. The van der Waals surface area contributed by atoms with Gasteiger partial charge in [0.15, 0.2) is 11.6 Å². The maximum Gasteiger partial charge on any atom is 0.191 e. The zero-order chi connectivity index (χ0) is 17.6. The van der Waals surface area contributed by atoms with Crippen LogP contribution in [0.5, 0.6) is 0 Å². The van der Waals surface area contributed by atoms with Crippen molar-refractivity contribution in [2.75, 3.05) is 13.6 Å². The van der Waals surface area contributed by atoms with E-state index in [1.165, 1.54) is 6.42 Å². The van der Waals surface area contributed by atoms with Gasteiger partial charge in [0.25, 0.3) is 0 Å². The molecule has 0 fully saturated rings. The fourth-order valence-corrected chi connectivity index (χ4v) is 2.50. The number of aliphatic imine (C=N–C) groups is 1. The lowest BCUT2D eigenvalue weighted by molar-refractivity contribution is 0.346. The number of rotatable bonds is 6. The molecule has 0 aliphatic heterocycles. The monoisotopic (exact) mass is 458 g/mol. The lowest BCUT2D eigenvalue weighted by atomic mass is 9.89. The second kappa shape index (κ2) is 9.94. The normalized spacial score (nSPS) is 13.4. The van der Waals surface area contributed by atoms with Gasteiger partial charge in [0, 0.05) is 32.3 Å². The molecular formula is C18H31IN6. The van der Waals surface area contributed by atoms with E-state index in [2.05, 4.69) is 53.5 Å². The molecule has 1 unspecified atom stereocenters. The molecule has 0 spiro atoms. The van der Waals surface area contributed by atoms with Gasteiger partial charge >= 0.3 is 0 Å². The Morgan fingerprint density at radius 1 is 1.28 bits per heavy atom. The number of nitrogens with zero attached hydrogens (tertiary/aromatic N) is 4. The van der Waals surface area contributed by atoms with E-state index in [1.807, 2.05) is 28.8 Å². The SMILES string of the molecule is CN=C(NCCc1nnc2ccccn12)NC(C)CCC(C)(C)C.I. The second-order valence-corrected chi connectivity index (χ2v) is 7.44. The molecule has 2 aromatic rings. The number of halogens is 1. The van der Waals surface area contributed by atoms with E-state index in [0.29, 0.717) is 11.5 Å². The molecule has 2 N–H and O–H groups in total. The van der Waals surface area contributed by atoms with Crippen molar-refractivity contribution >= 4 is 35.6 Å². The zero-order valence-electron chi connectivity index (χ0n) is 15.9. The van der Waals surface area contributed by atoms with Crippen LogP contribution in [0.4, 0.5) is 0 Å². The maximum absolute atomic E-state index is 4.31. The number of hydrogen-bond donors (Lipinski definition) is 2. The van der Waals surface area contributed by atoms with E-state index in [0.717, 1.165) is 36.8 Å². The molecule has 2 rings (SSSR count). The predicted molar refractivity (Wildman–Crippen MR) is 115 cm³/mol.